The smallest absolute Gasteiger partial charge is 0.261 e. The molecular weight excluding hydrogens is 596 g/mol. The van der Waals surface area contributed by atoms with Gasteiger partial charge in [0.1, 0.15) is 19.2 Å². The van der Waals surface area contributed by atoms with Crippen molar-refractivity contribution in [1.29, 1.82) is 0 Å². The zero-order valence-electron chi connectivity index (χ0n) is 24.4. The third-order valence-electron chi connectivity index (χ3n) is 9.33. The predicted molar refractivity (Wildman–Crippen MR) is 157 cm³/mol. The zero-order valence-corrected chi connectivity index (χ0v) is 26.0. The van der Waals surface area contributed by atoms with Gasteiger partial charge in [-0.05, 0) is 37.1 Å². The highest BCUT2D eigenvalue weighted by molar-refractivity contribution is 6.21. The van der Waals surface area contributed by atoms with Crippen LogP contribution in [0.1, 0.15) is 96.1 Å². The lowest BCUT2D eigenvalue weighted by Gasteiger charge is -2.34. The maximum Gasteiger partial charge on any atom is 0.261 e. The first-order valence-electron chi connectivity index (χ1n) is 15.3. The minimum absolute atomic E-state index is 0. The Balaban J connectivity index is 0.00000353. The number of hydrogen-bond donors (Lipinski definition) is 1. The molecule has 0 bridgehead atoms. The highest BCUT2D eigenvalue weighted by atomic mass is 79.9. The first-order chi connectivity index (χ1) is 20.0. The molecule has 0 radical (unpaired) electrons. The Morgan fingerprint density at radius 1 is 0.976 bits per heavy atom. The second kappa shape index (κ2) is 13.1. The van der Waals surface area contributed by atoms with Crippen LogP contribution in [0.2, 0.25) is 0 Å². The van der Waals surface area contributed by atoms with Crippen molar-refractivity contribution in [1.82, 2.24) is 4.90 Å². The molecule has 0 aromatic heterocycles. The van der Waals surface area contributed by atoms with E-state index < -0.39 is 6.10 Å². The van der Waals surface area contributed by atoms with Crippen molar-refractivity contribution in [3.63, 3.8) is 0 Å². The average molecular weight is 638 g/mol. The van der Waals surface area contributed by atoms with E-state index in [-0.39, 0.29) is 40.3 Å². The lowest BCUT2D eigenvalue weighted by molar-refractivity contribution is -0.524. The Bertz CT molecular complexity index is 1350. The van der Waals surface area contributed by atoms with Crippen molar-refractivity contribution in [3.05, 3.63) is 70.8 Å². The van der Waals surface area contributed by atoms with Crippen molar-refractivity contribution in [2.45, 2.75) is 81.8 Å². The molecule has 2 aromatic carbocycles. The molecule has 0 saturated heterocycles. The van der Waals surface area contributed by atoms with E-state index in [1.807, 2.05) is 24.3 Å². The fourth-order valence-electron chi connectivity index (χ4n) is 7.11. The summed E-state index contributed by atoms with van der Waals surface area (Å²) < 4.78 is 14.5. The molecule has 0 fully saturated rings. The van der Waals surface area contributed by atoms with Crippen LogP contribution in [0.25, 0.3) is 0 Å². The van der Waals surface area contributed by atoms with Crippen LogP contribution in [0.3, 0.4) is 0 Å². The minimum atomic E-state index is -0.464. The maximum atomic E-state index is 12.5. The normalized spacial score (nSPS) is 23.4. The molecule has 1 aliphatic carbocycles. The number of carbonyl (C=O) groups excluding carboxylic acids is 2. The number of ether oxygens (including phenoxy) is 2. The van der Waals surface area contributed by atoms with Crippen LogP contribution in [-0.4, -0.2) is 71.6 Å². The van der Waals surface area contributed by atoms with Crippen LogP contribution in [0.15, 0.2) is 48.6 Å². The van der Waals surface area contributed by atoms with Gasteiger partial charge in [0.15, 0.2) is 17.7 Å². The SMILES string of the molecule is COc1ccc2c3c1O[C@H]1C[C@@H](O)C=C[C@@]31CC[N+](CCCCCCCCCCN1C(=O)c3ccccc3C1=O)=C2.[Br-]. The molecule has 2 aromatic rings. The molecule has 1 spiro atoms. The standard InChI is InChI=1S/C34H41N2O5.BrH/c1-40-28-15-14-24-23-35(21-18-34-17-16-25(37)22-29(34)41-31(28)30(24)34)19-10-6-4-2-3-5-7-11-20-36-32(38)26-12-8-9-13-27(26)33(36)39;/h8-9,12-17,23,25,29,37H,2-7,10-11,18-22H2,1H3;1H/q+1;/p-1/t25-,29-,34-;/m0./s1. The number of fused-ring (bicyclic) bond motifs is 1. The predicted octanol–water partition coefficient (Wildman–Crippen LogP) is 2.27. The molecular formula is C34H41BrN2O5. The number of nitrogens with zero attached hydrogens (tertiary/aromatic N) is 2. The van der Waals surface area contributed by atoms with Crippen LogP contribution in [0.5, 0.6) is 11.5 Å². The van der Waals surface area contributed by atoms with Gasteiger partial charge in [0.2, 0.25) is 0 Å². The fourth-order valence-corrected chi connectivity index (χ4v) is 7.11. The number of imide groups is 1. The number of benzene rings is 2. The lowest BCUT2D eigenvalue weighted by atomic mass is 9.69. The van der Waals surface area contributed by atoms with E-state index in [9.17, 15) is 14.7 Å². The van der Waals surface area contributed by atoms with Gasteiger partial charge in [-0.3, -0.25) is 14.5 Å². The Labute approximate surface area is 259 Å². The molecule has 3 atom stereocenters. The average Bonchev–Trinajstić information content (AvgIpc) is 3.37. The Morgan fingerprint density at radius 3 is 2.33 bits per heavy atom. The first kappa shape index (κ1) is 30.5. The van der Waals surface area contributed by atoms with E-state index >= 15 is 0 Å². The summed E-state index contributed by atoms with van der Waals surface area (Å²) in [5.74, 6) is 1.32. The van der Waals surface area contributed by atoms with Crippen LogP contribution in [0.4, 0.5) is 0 Å². The Kier molecular flexibility index (Phi) is 9.53. The number of rotatable bonds is 12. The second-order valence-electron chi connectivity index (χ2n) is 11.9. The van der Waals surface area contributed by atoms with E-state index in [1.165, 1.54) is 41.7 Å². The second-order valence-corrected chi connectivity index (χ2v) is 11.9. The van der Waals surface area contributed by atoms with Crippen LogP contribution < -0.4 is 26.5 Å². The Hall–Kier alpha value is -2.97. The number of halogens is 1. The van der Waals surface area contributed by atoms with Gasteiger partial charge in [-0.25, -0.2) is 4.58 Å². The summed E-state index contributed by atoms with van der Waals surface area (Å²) in [6, 6.07) is 11.3. The molecule has 224 valence electrons. The summed E-state index contributed by atoms with van der Waals surface area (Å²) in [6.07, 6.45) is 16.5. The fraction of sp³-hybridized carbons (Fsp3) is 0.500. The summed E-state index contributed by atoms with van der Waals surface area (Å²) in [4.78, 5) is 26.4. The maximum absolute atomic E-state index is 12.5. The quantitative estimate of drug-likeness (QED) is 0.167. The molecule has 8 heteroatoms. The van der Waals surface area contributed by atoms with Gasteiger partial charge in [-0.15, -0.1) is 0 Å². The van der Waals surface area contributed by atoms with Gasteiger partial charge in [0.25, 0.3) is 11.8 Å². The van der Waals surface area contributed by atoms with Gasteiger partial charge < -0.3 is 31.6 Å². The number of aliphatic hydroxyl groups is 1. The van der Waals surface area contributed by atoms with Crippen LogP contribution >= 0.6 is 0 Å². The molecule has 2 amide bonds. The molecule has 3 heterocycles. The van der Waals surface area contributed by atoms with Gasteiger partial charge >= 0.3 is 0 Å². The van der Waals surface area contributed by atoms with Crippen LogP contribution in [-0.2, 0) is 5.41 Å². The summed E-state index contributed by atoms with van der Waals surface area (Å²) in [6.45, 7) is 2.51. The van der Waals surface area contributed by atoms with E-state index in [2.05, 4.69) is 22.9 Å². The van der Waals surface area contributed by atoms with Gasteiger partial charge in [-0.1, -0.05) is 56.4 Å². The molecule has 0 saturated carbocycles. The summed E-state index contributed by atoms with van der Waals surface area (Å²) in [7, 11) is 1.69. The third kappa shape index (κ3) is 5.68. The van der Waals surface area contributed by atoms with Gasteiger partial charge in [0.05, 0.1) is 29.8 Å². The number of hydrogen-bond acceptors (Lipinski definition) is 5. The highest BCUT2D eigenvalue weighted by Gasteiger charge is 2.53. The van der Waals surface area contributed by atoms with Gasteiger partial charge in [0, 0.05) is 36.9 Å². The highest BCUT2D eigenvalue weighted by Crippen LogP contribution is 2.54. The van der Waals surface area contributed by atoms with Crippen molar-refractivity contribution >= 4 is 18.0 Å². The molecule has 7 nitrogen and oxygen atoms in total. The zero-order chi connectivity index (χ0) is 28.4. The molecule has 4 aliphatic rings. The number of aliphatic hydroxyl groups excluding tert-OH is 1. The summed E-state index contributed by atoms with van der Waals surface area (Å²) in [5, 5.41) is 10.3. The molecule has 0 unspecified atom stereocenters. The summed E-state index contributed by atoms with van der Waals surface area (Å²) in [5.41, 5.74) is 3.29. The topological polar surface area (TPSA) is 79.1 Å². The van der Waals surface area contributed by atoms with Crippen molar-refractivity contribution in [3.8, 4) is 11.5 Å². The molecule has 3 aliphatic heterocycles. The van der Waals surface area contributed by atoms with E-state index in [0.29, 0.717) is 24.1 Å². The summed E-state index contributed by atoms with van der Waals surface area (Å²) >= 11 is 0. The number of amides is 2. The Morgan fingerprint density at radius 2 is 1.64 bits per heavy atom. The van der Waals surface area contributed by atoms with Crippen molar-refractivity contribution in [2.24, 2.45) is 0 Å². The van der Waals surface area contributed by atoms with E-state index in [1.54, 1.807) is 19.2 Å². The number of methoxy groups -OCH3 is 1. The van der Waals surface area contributed by atoms with Crippen LogP contribution in [0, 0.1) is 0 Å². The largest absolute Gasteiger partial charge is 1.00 e. The van der Waals surface area contributed by atoms with E-state index in [4.69, 9.17) is 9.47 Å². The van der Waals surface area contributed by atoms with Crippen molar-refractivity contribution < 1.29 is 45.7 Å². The monoisotopic (exact) mass is 636 g/mol. The van der Waals surface area contributed by atoms with Gasteiger partial charge in [-0.2, -0.15) is 0 Å². The first-order valence-corrected chi connectivity index (χ1v) is 15.3. The lowest BCUT2D eigenvalue weighted by Crippen LogP contribution is -3.00. The van der Waals surface area contributed by atoms with E-state index in [0.717, 1.165) is 56.7 Å². The number of carbonyl (C=O) groups is 2. The molecule has 1 N–H and O–H groups in total. The molecule has 42 heavy (non-hydrogen) atoms. The minimum Gasteiger partial charge on any atom is -1.00 e. The third-order valence-corrected chi connectivity index (χ3v) is 9.33. The van der Waals surface area contributed by atoms with Crippen molar-refractivity contribution in [2.75, 3.05) is 26.7 Å². The molecule has 6 rings (SSSR count). The number of unbranched alkanes of at least 4 members (excludes halogenated alkanes) is 7.